The minimum atomic E-state index is -0.650. The number of carbonyl (C=O) groups is 2. The third kappa shape index (κ3) is 4.71. The highest BCUT2D eigenvalue weighted by Crippen LogP contribution is 2.10. The van der Waals surface area contributed by atoms with Crippen molar-refractivity contribution in [1.29, 1.82) is 0 Å². The lowest BCUT2D eigenvalue weighted by Gasteiger charge is -2.21. The van der Waals surface area contributed by atoms with Crippen LogP contribution < -0.4 is 21.5 Å². The summed E-state index contributed by atoms with van der Waals surface area (Å²) >= 11 is 5.06. The van der Waals surface area contributed by atoms with E-state index in [1.807, 2.05) is 30.3 Å². The second kappa shape index (κ2) is 7.58. The zero-order chi connectivity index (χ0) is 15.1. The summed E-state index contributed by atoms with van der Waals surface area (Å²) in [4.78, 5) is 23.4. The van der Waals surface area contributed by atoms with E-state index in [2.05, 4.69) is 21.5 Å². The van der Waals surface area contributed by atoms with Gasteiger partial charge in [-0.2, -0.15) is 0 Å². The van der Waals surface area contributed by atoms with Gasteiger partial charge in [-0.05, 0) is 30.6 Å². The van der Waals surface area contributed by atoms with E-state index in [1.165, 1.54) is 0 Å². The smallest absolute Gasteiger partial charge is 0.250 e. The lowest BCUT2D eigenvalue weighted by Crippen LogP contribution is -2.52. The Morgan fingerprint density at radius 3 is 2.76 bits per heavy atom. The van der Waals surface area contributed by atoms with E-state index in [9.17, 15) is 9.59 Å². The molecule has 1 heterocycles. The first kappa shape index (κ1) is 15.2. The number of amides is 2. The van der Waals surface area contributed by atoms with Crippen molar-refractivity contribution in [3.05, 3.63) is 35.9 Å². The zero-order valence-electron chi connectivity index (χ0n) is 11.5. The second-order valence-electron chi connectivity index (χ2n) is 4.77. The predicted molar refractivity (Wildman–Crippen MR) is 82.9 cm³/mol. The molecule has 1 aliphatic rings. The van der Waals surface area contributed by atoms with Gasteiger partial charge in [0, 0.05) is 13.1 Å². The molecule has 2 amide bonds. The number of hydrogen-bond acceptors (Lipinski definition) is 3. The Labute approximate surface area is 128 Å². The van der Waals surface area contributed by atoms with E-state index in [4.69, 9.17) is 12.2 Å². The van der Waals surface area contributed by atoms with Crippen LogP contribution in [-0.2, 0) is 16.1 Å². The summed E-state index contributed by atoms with van der Waals surface area (Å²) in [5.41, 5.74) is 6.16. The Kier molecular flexibility index (Phi) is 5.51. The molecule has 1 atom stereocenters. The van der Waals surface area contributed by atoms with Gasteiger partial charge in [0.2, 0.25) is 5.91 Å². The molecule has 2 rings (SSSR count). The van der Waals surface area contributed by atoms with Crippen molar-refractivity contribution in [2.45, 2.75) is 19.4 Å². The fourth-order valence-corrected chi connectivity index (χ4v) is 2.17. The molecule has 0 saturated carbocycles. The summed E-state index contributed by atoms with van der Waals surface area (Å²) in [5, 5.41) is 5.95. The third-order valence-corrected chi connectivity index (χ3v) is 3.44. The molecule has 1 aromatic rings. The Morgan fingerprint density at radius 1 is 1.29 bits per heavy atom. The molecule has 112 valence electrons. The molecular formula is C14H18N4O2S. The Balaban J connectivity index is 1.71. The quantitative estimate of drug-likeness (QED) is 0.365. The van der Waals surface area contributed by atoms with Crippen LogP contribution in [0.5, 0.6) is 0 Å². The van der Waals surface area contributed by atoms with Gasteiger partial charge in [-0.3, -0.25) is 20.4 Å². The first-order valence-electron chi connectivity index (χ1n) is 6.82. The van der Waals surface area contributed by atoms with Gasteiger partial charge in [0.25, 0.3) is 5.91 Å². The molecule has 1 aromatic carbocycles. The third-order valence-electron chi connectivity index (χ3n) is 3.20. The molecule has 1 fully saturated rings. The van der Waals surface area contributed by atoms with Crippen molar-refractivity contribution >= 4 is 29.1 Å². The maximum atomic E-state index is 11.9. The zero-order valence-corrected chi connectivity index (χ0v) is 12.3. The summed E-state index contributed by atoms with van der Waals surface area (Å²) in [6.07, 6.45) is 1.37. The molecule has 21 heavy (non-hydrogen) atoms. The number of nitrogens with one attached hydrogen (secondary N) is 4. The molecule has 7 heteroatoms. The first-order valence-corrected chi connectivity index (χ1v) is 7.23. The fraction of sp³-hybridized carbons (Fsp3) is 0.357. The van der Waals surface area contributed by atoms with Crippen LogP contribution in [0, 0.1) is 5.92 Å². The monoisotopic (exact) mass is 306 g/mol. The second-order valence-corrected chi connectivity index (χ2v) is 5.18. The minimum Gasteiger partial charge on any atom is -0.357 e. The Hall–Kier alpha value is -2.15. The lowest BCUT2D eigenvalue weighted by atomic mass is 9.98. The molecule has 0 unspecified atom stereocenters. The number of piperidine rings is 1. The van der Waals surface area contributed by atoms with Crippen molar-refractivity contribution in [2.24, 2.45) is 5.92 Å². The first-order chi connectivity index (χ1) is 10.2. The average molecular weight is 306 g/mol. The normalized spacial score (nSPS) is 17.5. The highest BCUT2D eigenvalue weighted by Gasteiger charge is 2.28. The van der Waals surface area contributed by atoms with Gasteiger partial charge < -0.3 is 10.6 Å². The maximum absolute atomic E-state index is 11.9. The molecule has 0 radical (unpaired) electrons. The van der Waals surface area contributed by atoms with Crippen LogP contribution in [0.15, 0.2) is 30.3 Å². The van der Waals surface area contributed by atoms with Crippen molar-refractivity contribution in [3.63, 3.8) is 0 Å². The van der Waals surface area contributed by atoms with Crippen LogP contribution in [-0.4, -0.2) is 23.5 Å². The molecule has 4 N–H and O–H groups in total. The molecular weight excluding hydrogens is 288 g/mol. The van der Waals surface area contributed by atoms with E-state index in [-0.39, 0.29) is 11.8 Å². The summed E-state index contributed by atoms with van der Waals surface area (Å²) in [7, 11) is 0. The van der Waals surface area contributed by atoms with Crippen LogP contribution in [0.4, 0.5) is 0 Å². The van der Waals surface area contributed by atoms with Crippen molar-refractivity contribution in [1.82, 2.24) is 21.5 Å². The van der Waals surface area contributed by atoms with E-state index in [1.54, 1.807) is 0 Å². The predicted octanol–water partition coefficient (Wildman–Crippen LogP) is 0.208. The van der Waals surface area contributed by atoms with Crippen LogP contribution >= 0.6 is 12.2 Å². The van der Waals surface area contributed by atoms with Crippen LogP contribution in [0.3, 0.4) is 0 Å². The molecule has 0 bridgehead atoms. The largest absolute Gasteiger partial charge is 0.357 e. The number of hydrogen-bond donors (Lipinski definition) is 4. The summed E-state index contributed by atoms with van der Waals surface area (Å²) in [6.45, 7) is 1.19. The van der Waals surface area contributed by atoms with Gasteiger partial charge in [-0.25, -0.2) is 0 Å². The summed E-state index contributed by atoms with van der Waals surface area (Å²) in [5.74, 6) is -1.25. The number of thiocarbonyl (C=S) groups is 1. The topological polar surface area (TPSA) is 82.3 Å². The van der Waals surface area contributed by atoms with E-state index in [0.717, 1.165) is 12.0 Å². The summed E-state index contributed by atoms with van der Waals surface area (Å²) in [6, 6.07) is 9.77. The molecule has 0 spiro atoms. The van der Waals surface area contributed by atoms with E-state index < -0.39 is 5.92 Å². The van der Waals surface area contributed by atoms with E-state index in [0.29, 0.717) is 24.6 Å². The summed E-state index contributed by atoms with van der Waals surface area (Å²) < 4.78 is 0. The van der Waals surface area contributed by atoms with Crippen molar-refractivity contribution in [3.8, 4) is 0 Å². The van der Waals surface area contributed by atoms with Crippen LogP contribution in [0.1, 0.15) is 18.4 Å². The van der Waals surface area contributed by atoms with E-state index >= 15 is 0 Å². The average Bonchev–Trinajstić information content (AvgIpc) is 2.52. The molecule has 1 saturated heterocycles. The Morgan fingerprint density at radius 2 is 2.05 bits per heavy atom. The van der Waals surface area contributed by atoms with Crippen LogP contribution in [0.2, 0.25) is 0 Å². The SMILES string of the molecule is O=C1NCCC[C@@H]1C(=O)NNC(=S)NCc1ccccc1. The lowest BCUT2D eigenvalue weighted by molar-refractivity contribution is -0.137. The van der Waals surface area contributed by atoms with Gasteiger partial charge >= 0.3 is 0 Å². The van der Waals surface area contributed by atoms with Gasteiger partial charge in [0.05, 0.1) is 0 Å². The molecule has 1 aliphatic heterocycles. The van der Waals surface area contributed by atoms with Gasteiger partial charge in [0.15, 0.2) is 5.11 Å². The molecule has 6 nitrogen and oxygen atoms in total. The number of hydrazine groups is 1. The van der Waals surface area contributed by atoms with Crippen LogP contribution in [0.25, 0.3) is 0 Å². The maximum Gasteiger partial charge on any atom is 0.250 e. The molecule has 0 aliphatic carbocycles. The van der Waals surface area contributed by atoms with Gasteiger partial charge in [-0.15, -0.1) is 0 Å². The Bertz CT molecular complexity index is 521. The molecule has 0 aromatic heterocycles. The number of carbonyl (C=O) groups excluding carboxylic acids is 2. The van der Waals surface area contributed by atoms with Gasteiger partial charge in [-0.1, -0.05) is 30.3 Å². The standard InChI is InChI=1S/C14H18N4O2S/c19-12-11(7-4-8-15-12)13(20)17-18-14(21)16-9-10-5-2-1-3-6-10/h1-3,5-6,11H,4,7-9H2,(H,15,19)(H,17,20)(H2,16,18,21)/t11-/m0/s1. The fourth-order valence-electron chi connectivity index (χ4n) is 2.05. The number of benzene rings is 1. The highest BCUT2D eigenvalue weighted by atomic mass is 32.1. The van der Waals surface area contributed by atoms with Crippen molar-refractivity contribution < 1.29 is 9.59 Å². The minimum absolute atomic E-state index is 0.233. The van der Waals surface area contributed by atoms with Gasteiger partial charge in [0.1, 0.15) is 5.92 Å². The van der Waals surface area contributed by atoms with Crippen molar-refractivity contribution in [2.75, 3.05) is 6.54 Å². The highest BCUT2D eigenvalue weighted by molar-refractivity contribution is 7.80. The number of rotatable bonds is 3.